The molecule has 0 bridgehead atoms. The lowest BCUT2D eigenvalue weighted by Gasteiger charge is -2.10. The maximum atomic E-state index is 12.3. The number of fused-ring (bicyclic) bond motifs is 1. The highest BCUT2D eigenvalue weighted by Gasteiger charge is 2.28. The molecule has 0 spiro atoms. The smallest absolute Gasteiger partial charge is 0.170 e. The molecule has 0 aliphatic carbocycles. The van der Waals surface area contributed by atoms with Crippen molar-refractivity contribution in [3.8, 4) is 5.75 Å². The monoisotopic (exact) mass is 234 g/mol. The average molecular weight is 234 g/mol. The lowest BCUT2D eigenvalue weighted by molar-refractivity contribution is 0.0930. The second-order valence-corrected chi connectivity index (χ2v) is 5.47. The molecular weight excluding hydrogens is 220 g/mol. The summed E-state index contributed by atoms with van der Waals surface area (Å²) in [5, 5.41) is 0. The zero-order valence-electron chi connectivity index (χ0n) is 9.07. The van der Waals surface area contributed by atoms with Crippen LogP contribution in [-0.2, 0) is 6.42 Å². The van der Waals surface area contributed by atoms with Gasteiger partial charge in [-0.2, -0.15) is 11.8 Å². The first kappa shape index (κ1) is 10.2. The number of carbonyl (C=O) groups is 1. The van der Waals surface area contributed by atoms with Crippen LogP contribution in [0.15, 0.2) is 18.2 Å². The predicted molar refractivity (Wildman–Crippen MR) is 65.4 cm³/mol. The number of ketones is 1. The van der Waals surface area contributed by atoms with E-state index in [1.54, 1.807) is 0 Å². The molecule has 3 heteroatoms. The minimum atomic E-state index is 0.209. The minimum Gasteiger partial charge on any atom is -0.492 e. The Morgan fingerprint density at radius 2 is 2.38 bits per heavy atom. The second kappa shape index (κ2) is 4.13. The summed E-state index contributed by atoms with van der Waals surface area (Å²) in [5.74, 6) is 3.43. The van der Waals surface area contributed by atoms with Crippen LogP contribution in [0.2, 0.25) is 0 Å². The Morgan fingerprint density at radius 1 is 1.44 bits per heavy atom. The molecule has 0 N–H and O–H groups in total. The van der Waals surface area contributed by atoms with Crippen LogP contribution < -0.4 is 4.74 Å². The predicted octanol–water partition coefficient (Wildman–Crippen LogP) is 2.56. The summed E-state index contributed by atoms with van der Waals surface area (Å²) in [4.78, 5) is 12.3. The molecule has 0 radical (unpaired) electrons. The van der Waals surface area contributed by atoms with Gasteiger partial charge in [-0.15, -0.1) is 0 Å². The molecule has 2 aliphatic rings. The summed E-state index contributed by atoms with van der Waals surface area (Å²) < 4.78 is 5.58. The highest BCUT2D eigenvalue weighted by molar-refractivity contribution is 7.99. The van der Waals surface area contributed by atoms with Crippen molar-refractivity contribution >= 4 is 17.5 Å². The van der Waals surface area contributed by atoms with Crippen LogP contribution in [0.4, 0.5) is 0 Å². The van der Waals surface area contributed by atoms with E-state index in [4.69, 9.17) is 4.74 Å². The van der Waals surface area contributed by atoms with Crippen LogP contribution in [0.3, 0.4) is 0 Å². The summed E-state index contributed by atoms with van der Waals surface area (Å²) in [5.41, 5.74) is 2.00. The van der Waals surface area contributed by atoms with Crippen LogP contribution in [0.25, 0.3) is 0 Å². The summed E-state index contributed by atoms with van der Waals surface area (Å²) in [6, 6.07) is 5.95. The molecule has 1 unspecified atom stereocenters. The molecular formula is C13H14O2S. The number of Topliss-reactive ketones (excluding diaryl/α,β-unsaturated/α-hetero) is 1. The average Bonchev–Trinajstić information content (AvgIpc) is 2.98. The van der Waals surface area contributed by atoms with Crippen molar-refractivity contribution in [2.45, 2.75) is 12.8 Å². The first-order valence-corrected chi connectivity index (χ1v) is 6.88. The van der Waals surface area contributed by atoms with Gasteiger partial charge in [0.1, 0.15) is 5.75 Å². The maximum absolute atomic E-state index is 12.3. The Hall–Kier alpha value is -0.960. The van der Waals surface area contributed by atoms with Crippen molar-refractivity contribution in [3.05, 3.63) is 29.3 Å². The number of rotatable bonds is 2. The third-order valence-corrected chi connectivity index (χ3v) is 4.44. The number of benzene rings is 1. The molecule has 2 aliphatic heterocycles. The molecule has 1 aromatic carbocycles. The Kier molecular flexibility index (Phi) is 2.64. The fourth-order valence-corrected chi connectivity index (χ4v) is 3.59. The summed E-state index contributed by atoms with van der Waals surface area (Å²) in [7, 11) is 0. The van der Waals surface area contributed by atoms with Crippen molar-refractivity contribution in [1.82, 2.24) is 0 Å². The van der Waals surface area contributed by atoms with E-state index in [0.29, 0.717) is 0 Å². The molecule has 1 aromatic rings. The number of hydrogen-bond acceptors (Lipinski definition) is 3. The third-order valence-electron chi connectivity index (χ3n) is 3.28. The number of ether oxygens (including phenoxy) is 1. The molecule has 0 saturated carbocycles. The van der Waals surface area contributed by atoms with Crippen molar-refractivity contribution in [3.63, 3.8) is 0 Å². The first-order valence-electron chi connectivity index (χ1n) is 5.73. The largest absolute Gasteiger partial charge is 0.492 e. The van der Waals surface area contributed by atoms with Crippen molar-refractivity contribution in [2.75, 3.05) is 18.1 Å². The van der Waals surface area contributed by atoms with Crippen molar-refractivity contribution < 1.29 is 9.53 Å². The zero-order chi connectivity index (χ0) is 11.0. The molecule has 1 fully saturated rings. The fourth-order valence-electron chi connectivity index (χ4n) is 2.37. The topological polar surface area (TPSA) is 26.3 Å². The third kappa shape index (κ3) is 1.63. The van der Waals surface area contributed by atoms with E-state index in [0.717, 1.165) is 42.3 Å². The van der Waals surface area contributed by atoms with Gasteiger partial charge in [-0.05, 0) is 23.8 Å². The molecule has 84 valence electrons. The number of hydrogen-bond donors (Lipinski definition) is 0. The number of thioether (sulfide) groups is 1. The summed E-state index contributed by atoms with van der Waals surface area (Å²) >= 11 is 1.88. The molecule has 3 rings (SSSR count). The molecule has 1 saturated heterocycles. The Balaban J connectivity index is 1.94. The van der Waals surface area contributed by atoms with E-state index >= 15 is 0 Å². The first-order chi connectivity index (χ1) is 7.86. The number of para-hydroxylation sites is 1. The highest BCUT2D eigenvalue weighted by atomic mass is 32.2. The summed E-state index contributed by atoms with van der Waals surface area (Å²) in [6.07, 6.45) is 1.96. The normalized spacial score (nSPS) is 22.9. The second-order valence-electron chi connectivity index (χ2n) is 4.32. The fraction of sp³-hybridized carbons (Fsp3) is 0.462. The van der Waals surface area contributed by atoms with E-state index in [9.17, 15) is 4.79 Å². The van der Waals surface area contributed by atoms with Crippen LogP contribution >= 0.6 is 11.8 Å². The van der Waals surface area contributed by atoms with E-state index in [-0.39, 0.29) is 11.7 Å². The van der Waals surface area contributed by atoms with Gasteiger partial charge in [-0.25, -0.2) is 0 Å². The Labute approximate surface area is 99.4 Å². The van der Waals surface area contributed by atoms with Crippen LogP contribution in [-0.4, -0.2) is 23.9 Å². The van der Waals surface area contributed by atoms with Gasteiger partial charge in [0.05, 0.1) is 12.2 Å². The molecule has 2 nitrogen and oxygen atoms in total. The molecule has 16 heavy (non-hydrogen) atoms. The van der Waals surface area contributed by atoms with Gasteiger partial charge in [0, 0.05) is 18.1 Å². The molecule has 0 amide bonds. The van der Waals surface area contributed by atoms with Crippen LogP contribution in [0.1, 0.15) is 22.3 Å². The lowest BCUT2D eigenvalue weighted by Crippen LogP contribution is -2.14. The van der Waals surface area contributed by atoms with Gasteiger partial charge in [0.15, 0.2) is 5.78 Å². The SMILES string of the molecule is O=C(c1cccc2c1OCC2)C1CCSC1. The van der Waals surface area contributed by atoms with Crippen molar-refractivity contribution in [2.24, 2.45) is 5.92 Å². The molecule has 0 aromatic heterocycles. The van der Waals surface area contributed by atoms with Crippen LogP contribution in [0, 0.1) is 5.92 Å². The maximum Gasteiger partial charge on any atom is 0.170 e. The number of carbonyl (C=O) groups excluding carboxylic acids is 1. The Bertz CT molecular complexity index is 422. The van der Waals surface area contributed by atoms with Gasteiger partial charge < -0.3 is 4.74 Å². The van der Waals surface area contributed by atoms with Gasteiger partial charge in [-0.1, -0.05) is 12.1 Å². The van der Waals surface area contributed by atoms with E-state index in [1.165, 1.54) is 5.56 Å². The van der Waals surface area contributed by atoms with Crippen LogP contribution in [0.5, 0.6) is 5.75 Å². The van der Waals surface area contributed by atoms with Gasteiger partial charge in [0.2, 0.25) is 0 Å². The molecule has 2 heterocycles. The zero-order valence-corrected chi connectivity index (χ0v) is 9.89. The van der Waals surface area contributed by atoms with E-state index in [2.05, 4.69) is 6.07 Å². The quantitative estimate of drug-likeness (QED) is 0.736. The van der Waals surface area contributed by atoms with Gasteiger partial charge in [-0.3, -0.25) is 4.79 Å². The Morgan fingerprint density at radius 3 is 3.19 bits per heavy atom. The molecule has 1 atom stereocenters. The van der Waals surface area contributed by atoms with Crippen molar-refractivity contribution in [1.29, 1.82) is 0 Å². The highest BCUT2D eigenvalue weighted by Crippen LogP contribution is 2.34. The van der Waals surface area contributed by atoms with E-state index < -0.39 is 0 Å². The summed E-state index contributed by atoms with van der Waals surface area (Å²) in [6.45, 7) is 0.721. The standard InChI is InChI=1S/C13H14O2S/c14-12(10-5-7-16-8-10)11-3-1-2-9-4-6-15-13(9)11/h1-3,10H,4-8H2. The minimum absolute atomic E-state index is 0.209. The van der Waals surface area contributed by atoms with E-state index in [1.807, 2.05) is 23.9 Å². The lowest BCUT2D eigenvalue weighted by atomic mass is 9.95. The van der Waals surface area contributed by atoms with Gasteiger partial charge >= 0.3 is 0 Å². The van der Waals surface area contributed by atoms with Gasteiger partial charge in [0.25, 0.3) is 0 Å².